The minimum absolute atomic E-state index is 0.0858. The SMILES string of the molecule is Cc1ccc(CN2C[C@@H](C(=O)NNC(=O)Cn3nnc(-c4ccccc4)n3)CC2=O)cc1. The molecule has 4 rings (SSSR count). The Kier molecular flexibility index (Phi) is 6.20. The van der Waals surface area contributed by atoms with Gasteiger partial charge in [0.25, 0.3) is 5.91 Å². The monoisotopic (exact) mass is 433 g/mol. The molecule has 10 heteroatoms. The molecule has 1 aliphatic rings. The van der Waals surface area contributed by atoms with Gasteiger partial charge >= 0.3 is 0 Å². The molecule has 0 bridgehead atoms. The second-order valence-corrected chi connectivity index (χ2v) is 7.71. The normalized spacial score (nSPS) is 15.6. The number of nitrogens with zero attached hydrogens (tertiary/aromatic N) is 5. The van der Waals surface area contributed by atoms with Crippen LogP contribution in [0.1, 0.15) is 17.5 Å². The Bertz CT molecular complexity index is 1110. The molecular formula is C22H23N7O3. The highest BCUT2D eigenvalue weighted by atomic mass is 16.2. The van der Waals surface area contributed by atoms with Crippen molar-refractivity contribution >= 4 is 17.7 Å². The zero-order valence-electron chi connectivity index (χ0n) is 17.6. The highest BCUT2D eigenvalue weighted by molar-refractivity contribution is 5.90. The van der Waals surface area contributed by atoms with Crippen molar-refractivity contribution in [2.45, 2.75) is 26.4 Å². The number of hydrazine groups is 1. The molecule has 2 aromatic carbocycles. The number of aryl methyl sites for hydroxylation is 1. The zero-order chi connectivity index (χ0) is 22.5. The van der Waals surface area contributed by atoms with E-state index in [-0.39, 0.29) is 18.9 Å². The van der Waals surface area contributed by atoms with E-state index in [9.17, 15) is 14.4 Å². The highest BCUT2D eigenvalue weighted by Gasteiger charge is 2.34. The van der Waals surface area contributed by atoms with Gasteiger partial charge in [0.05, 0.1) is 5.92 Å². The van der Waals surface area contributed by atoms with Crippen LogP contribution in [0.5, 0.6) is 0 Å². The number of nitrogens with one attached hydrogen (secondary N) is 2. The van der Waals surface area contributed by atoms with Crippen LogP contribution < -0.4 is 10.9 Å². The molecule has 1 fully saturated rings. The van der Waals surface area contributed by atoms with Crippen LogP contribution in [0.15, 0.2) is 54.6 Å². The van der Waals surface area contributed by atoms with Gasteiger partial charge in [-0.05, 0) is 17.7 Å². The van der Waals surface area contributed by atoms with Crippen LogP contribution in [-0.2, 0) is 27.5 Å². The molecule has 0 spiro atoms. The maximum Gasteiger partial charge on any atom is 0.262 e. The van der Waals surface area contributed by atoms with Gasteiger partial charge in [0.1, 0.15) is 6.54 Å². The number of hydrogen-bond acceptors (Lipinski definition) is 6. The van der Waals surface area contributed by atoms with Crippen molar-refractivity contribution in [3.05, 3.63) is 65.7 Å². The van der Waals surface area contributed by atoms with Crippen LogP contribution in [0.3, 0.4) is 0 Å². The average molecular weight is 433 g/mol. The van der Waals surface area contributed by atoms with Gasteiger partial charge in [0.15, 0.2) is 0 Å². The summed E-state index contributed by atoms with van der Waals surface area (Å²) in [5.74, 6) is -1.12. The Balaban J connectivity index is 1.25. The Morgan fingerprint density at radius 1 is 1.06 bits per heavy atom. The molecule has 1 saturated heterocycles. The molecule has 0 aliphatic carbocycles. The number of tetrazole rings is 1. The lowest BCUT2D eigenvalue weighted by atomic mass is 10.1. The fourth-order valence-electron chi connectivity index (χ4n) is 3.43. The van der Waals surface area contributed by atoms with E-state index in [1.54, 1.807) is 4.90 Å². The summed E-state index contributed by atoms with van der Waals surface area (Å²) in [6.07, 6.45) is 0.110. The van der Waals surface area contributed by atoms with Crippen LogP contribution in [0.2, 0.25) is 0 Å². The van der Waals surface area contributed by atoms with E-state index in [1.165, 1.54) is 0 Å². The molecule has 3 amide bonds. The molecule has 164 valence electrons. The lowest BCUT2D eigenvalue weighted by Crippen LogP contribution is -2.46. The molecule has 3 aromatic rings. The average Bonchev–Trinajstić information content (AvgIpc) is 3.41. The Labute approximate surface area is 184 Å². The van der Waals surface area contributed by atoms with Crippen molar-refractivity contribution < 1.29 is 14.4 Å². The fraction of sp³-hybridized carbons (Fsp3) is 0.273. The number of rotatable bonds is 6. The molecular weight excluding hydrogens is 410 g/mol. The van der Waals surface area contributed by atoms with Gasteiger partial charge in [-0.2, -0.15) is 4.80 Å². The van der Waals surface area contributed by atoms with Crippen molar-refractivity contribution in [3.63, 3.8) is 0 Å². The number of carbonyl (C=O) groups excluding carboxylic acids is 3. The maximum absolute atomic E-state index is 12.4. The molecule has 1 aliphatic heterocycles. The molecule has 32 heavy (non-hydrogen) atoms. The number of hydrogen-bond donors (Lipinski definition) is 2. The van der Waals surface area contributed by atoms with E-state index in [2.05, 4.69) is 26.3 Å². The molecule has 2 N–H and O–H groups in total. The fourth-order valence-corrected chi connectivity index (χ4v) is 3.43. The van der Waals surface area contributed by atoms with Gasteiger partial charge in [-0.1, -0.05) is 60.2 Å². The first kappa shape index (κ1) is 21.2. The van der Waals surface area contributed by atoms with E-state index in [0.717, 1.165) is 21.5 Å². The van der Waals surface area contributed by atoms with E-state index in [4.69, 9.17) is 0 Å². The van der Waals surface area contributed by atoms with Crippen molar-refractivity contribution in [1.82, 2.24) is 36.0 Å². The lowest BCUT2D eigenvalue weighted by molar-refractivity contribution is -0.131. The summed E-state index contributed by atoms with van der Waals surface area (Å²) in [6, 6.07) is 17.2. The number of likely N-dealkylation sites (tertiary alicyclic amines) is 1. The van der Waals surface area contributed by atoms with E-state index < -0.39 is 17.7 Å². The van der Waals surface area contributed by atoms with Crippen LogP contribution in [-0.4, -0.2) is 49.4 Å². The molecule has 0 radical (unpaired) electrons. The standard InChI is InChI=1S/C22H23N7O3/c1-15-7-9-16(10-8-15)12-28-13-18(11-20(28)31)22(32)25-23-19(30)14-29-26-21(24-27-29)17-5-3-2-4-6-17/h2-10,18H,11-14H2,1H3,(H,23,30)(H,25,32)/t18-/m0/s1. The van der Waals surface area contributed by atoms with Crippen molar-refractivity contribution in [1.29, 1.82) is 0 Å². The highest BCUT2D eigenvalue weighted by Crippen LogP contribution is 2.20. The summed E-state index contributed by atoms with van der Waals surface area (Å²) < 4.78 is 0. The third kappa shape index (κ3) is 5.15. The quantitative estimate of drug-likeness (QED) is 0.556. The predicted octanol–water partition coefficient (Wildman–Crippen LogP) is 0.845. The van der Waals surface area contributed by atoms with Crippen molar-refractivity contribution in [3.8, 4) is 11.4 Å². The topological polar surface area (TPSA) is 122 Å². The van der Waals surface area contributed by atoms with Gasteiger partial charge < -0.3 is 4.90 Å². The Hall–Kier alpha value is -4.08. The lowest BCUT2D eigenvalue weighted by Gasteiger charge is -2.17. The van der Waals surface area contributed by atoms with Crippen LogP contribution in [0.25, 0.3) is 11.4 Å². The van der Waals surface area contributed by atoms with E-state index in [1.807, 2.05) is 61.5 Å². The summed E-state index contributed by atoms with van der Waals surface area (Å²) in [6.45, 7) is 2.56. The Morgan fingerprint density at radius 3 is 2.56 bits per heavy atom. The zero-order valence-corrected chi connectivity index (χ0v) is 17.6. The van der Waals surface area contributed by atoms with Crippen molar-refractivity contribution in [2.75, 3.05) is 6.54 Å². The summed E-state index contributed by atoms with van der Waals surface area (Å²) in [7, 11) is 0. The molecule has 10 nitrogen and oxygen atoms in total. The molecule has 0 unspecified atom stereocenters. The summed E-state index contributed by atoms with van der Waals surface area (Å²) in [5.41, 5.74) is 7.67. The van der Waals surface area contributed by atoms with Crippen molar-refractivity contribution in [2.24, 2.45) is 5.92 Å². The first-order valence-corrected chi connectivity index (χ1v) is 10.2. The van der Waals surface area contributed by atoms with Gasteiger partial charge in [0.2, 0.25) is 17.6 Å². The number of carbonyl (C=O) groups is 3. The largest absolute Gasteiger partial charge is 0.338 e. The van der Waals surface area contributed by atoms with Crippen LogP contribution in [0.4, 0.5) is 0 Å². The molecule has 1 atom stereocenters. The second-order valence-electron chi connectivity index (χ2n) is 7.71. The minimum atomic E-state index is -0.526. The molecule has 0 saturated carbocycles. The Morgan fingerprint density at radius 2 is 1.81 bits per heavy atom. The number of benzene rings is 2. The van der Waals surface area contributed by atoms with Gasteiger partial charge in [-0.15, -0.1) is 10.2 Å². The van der Waals surface area contributed by atoms with Crippen LogP contribution >= 0.6 is 0 Å². The second kappa shape index (κ2) is 9.38. The number of amides is 3. The van der Waals surface area contributed by atoms with E-state index >= 15 is 0 Å². The van der Waals surface area contributed by atoms with E-state index in [0.29, 0.717) is 18.9 Å². The van der Waals surface area contributed by atoms with Gasteiger partial charge in [-0.3, -0.25) is 25.2 Å². The summed E-state index contributed by atoms with van der Waals surface area (Å²) >= 11 is 0. The molecule has 1 aromatic heterocycles. The predicted molar refractivity (Wildman–Crippen MR) is 114 cm³/mol. The van der Waals surface area contributed by atoms with Crippen LogP contribution in [0, 0.1) is 12.8 Å². The first-order valence-electron chi connectivity index (χ1n) is 10.2. The third-order valence-electron chi connectivity index (χ3n) is 5.17. The number of aromatic nitrogens is 4. The minimum Gasteiger partial charge on any atom is -0.338 e. The summed E-state index contributed by atoms with van der Waals surface area (Å²) in [5, 5.41) is 11.9. The first-order chi connectivity index (χ1) is 15.5. The molecule has 2 heterocycles. The smallest absolute Gasteiger partial charge is 0.262 e. The van der Waals surface area contributed by atoms with Gasteiger partial charge in [-0.25, -0.2) is 0 Å². The third-order valence-corrected chi connectivity index (χ3v) is 5.17. The van der Waals surface area contributed by atoms with Gasteiger partial charge in [0, 0.05) is 25.1 Å². The summed E-state index contributed by atoms with van der Waals surface area (Å²) in [4.78, 5) is 39.7. The maximum atomic E-state index is 12.4.